The fraction of sp³-hybridized carbons (Fsp3) is 0.200. The zero-order chi connectivity index (χ0) is 17.9. The van der Waals surface area contributed by atoms with Crippen LogP contribution in [0.3, 0.4) is 0 Å². The summed E-state index contributed by atoms with van der Waals surface area (Å²) in [6.07, 6.45) is -3.92. The van der Waals surface area contributed by atoms with Crippen molar-refractivity contribution in [3.05, 3.63) is 57.9 Å². The second kappa shape index (κ2) is 7.06. The number of amides is 1. The molecule has 128 valence electrons. The molecule has 1 aromatic carbocycles. The van der Waals surface area contributed by atoms with Crippen LogP contribution in [0, 0.1) is 6.92 Å². The highest BCUT2D eigenvalue weighted by Gasteiger charge is 2.31. The number of rotatable bonds is 4. The topological polar surface area (TPSA) is 71.5 Å². The molecule has 2 aromatic rings. The Hall–Kier alpha value is -2.32. The molecular formula is C15H12ClF3N2O3. The Balaban J connectivity index is 1.99. The molecule has 0 radical (unpaired) electrons. The fourth-order valence-electron chi connectivity index (χ4n) is 1.79. The zero-order valence-electron chi connectivity index (χ0n) is 12.3. The molecule has 2 N–H and O–H groups in total. The summed E-state index contributed by atoms with van der Waals surface area (Å²) in [5, 5.41) is 9.54. The average Bonchev–Trinajstić information content (AvgIpc) is 2.50. The van der Waals surface area contributed by atoms with Gasteiger partial charge in [0.15, 0.2) is 0 Å². The number of alkyl halides is 3. The van der Waals surface area contributed by atoms with Crippen molar-refractivity contribution in [2.45, 2.75) is 19.7 Å². The van der Waals surface area contributed by atoms with Crippen LogP contribution in [0.5, 0.6) is 5.75 Å². The predicted octanol–water partition coefficient (Wildman–Crippen LogP) is 3.63. The minimum atomic E-state index is -4.55. The van der Waals surface area contributed by atoms with Gasteiger partial charge in [0.25, 0.3) is 5.91 Å². The number of carbonyl (C=O) groups is 1. The number of aromatic nitrogens is 1. The van der Waals surface area contributed by atoms with E-state index >= 15 is 0 Å². The van der Waals surface area contributed by atoms with E-state index in [1.54, 1.807) is 19.1 Å². The number of aromatic hydroxyl groups is 1. The van der Waals surface area contributed by atoms with E-state index in [1.165, 1.54) is 6.07 Å². The first kappa shape index (κ1) is 18.0. The number of phenols is 1. The Morgan fingerprint density at radius 1 is 1.42 bits per heavy atom. The van der Waals surface area contributed by atoms with Crippen molar-refractivity contribution >= 4 is 17.5 Å². The summed E-state index contributed by atoms with van der Waals surface area (Å²) in [4.78, 5) is 20.3. The van der Waals surface area contributed by atoms with Gasteiger partial charge in [-0.15, -0.1) is 0 Å². The van der Waals surface area contributed by atoms with Gasteiger partial charge >= 0.3 is 6.18 Å². The zero-order valence-corrected chi connectivity index (χ0v) is 13.1. The summed E-state index contributed by atoms with van der Waals surface area (Å²) in [6, 6.07) is 5.32. The Morgan fingerprint density at radius 2 is 2.12 bits per heavy atom. The summed E-state index contributed by atoms with van der Waals surface area (Å²) in [5.74, 6) is -0.900. The predicted molar refractivity (Wildman–Crippen MR) is 79.3 cm³/mol. The number of hydrogen-bond acceptors (Lipinski definition) is 4. The minimum absolute atomic E-state index is 0.00137. The molecule has 0 aliphatic rings. The molecular weight excluding hydrogens is 349 g/mol. The molecule has 9 heteroatoms. The highest BCUT2D eigenvalue weighted by molar-refractivity contribution is 6.31. The summed E-state index contributed by atoms with van der Waals surface area (Å²) in [5.41, 5.74) is 1.62. The van der Waals surface area contributed by atoms with Crippen LogP contribution in [0.4, 0.5) is 13.2 Å². The molecule has 2 rings (SSSR count). The maximum atomic E-state index is 12.5. The molecule has 0 saturated carbocycles. The molecule has 5 nitrogen and oxygen atoms in total. The lowest BCUT2D eigenvalue weighted by molar-refractivity contribution is -0.137. The number of aryl methyl sites for hydroxylation is 1. The third-order valence-electron chi connectivity index (χ3n) is 3.10. The minimum Gasteiger partial charge on any atom is -0.507 e. The highest BCUT2D eigenvalue weighted by atomic mass is 35.5. The molecule has 24 heavy (non-hydrogen) atoms. The standard InChI is InChI=1S/C15H12ClF3N2O3/c1-8-3-2-4-10(13(8)22)14(23)21-24-7-12-11(16)5-9(6-20-12)15(17,18)19/h2-6,22H,7H2,1H3,(H,21,23). The van der Waals surface area contributed by atoms with Gasteiger partial charge in [0.1, 0.15) is 12.4 Å². The molecule has 1 aromatic heterocycles. The van der Waals surface area contributed by atoms with Crippen molar-refractivity contribution in [3.8, 4) is 5.75 Å². The van der Waals surface area contributed by atoms with Crippen molar-refractivity contribution in [1.82, 2.24) is 10.5 Å². The fourth-order valence-corrected chi connectivity index (χ4v) is 2.02. The van der Waals surface area contributed by atoms with Crippen LogP contribution in [0.1, 0.15) is 27.2 Å². The largest absolute Gasteiger partial charge is 0.507 e. The van der Waals surface area contributed by atoms with Crippen LogP contribution in [0.15, 0.2) is 30.5 Å². The molecule has 1 heterocycles. The van der Waals surface area contributed by atoms with Crippen molar-refractivity contribution < 1.29 is 27.9 Å². The smallest absolute Gasteiger partial charge is 0.417 e. The molecule has 0 aliphatic carbocycles. The first-order valence-electron chi connectivity index (χ1n) is 6.62. The highest BCUT2D eigenvalue weighted by Crippen LogP contribution is 2.31. The summed E-state index contributed by atoms with van der Waals surface area (Å²) >= 11 is 5.72. The lowest BCUT2D eigenvalue weighted by Gasteiger charge is -2.10. The SMILES string of the molecule is Cc1cccc(C(=O)NOCc2ncc(C(F)(F)F)cc2Cl)c1O. The van der Waals surface area contributed by atoms with Gasteiger partial charge in [0.05, 0.1) is 21.8 Å². The van der Waals surface area contributed by atoms with Gasteiger partial charge in [0, 0.05) is 6.20 Å². The van der Waals surface area contributed by atoms with Crippen molar-refractivity contribution in [1.29, 1.82) is 0 Å². The molecule has 0 bridgehead atoms. The maximum absolute atomic E-state index is 12.5. The number of halogens is 4. The second-order valence-electron chi connectivity index (χ2n) is 4.84. The number of hydroxylamine groups is 1. The molecule has 0 unspecified atom stereocenters. The van der Waals surface area contributed by atoms with E-state index in [1.807, 2.05) is 0 Å². The Bertz CT molecular complexity index is 766. The van der Waals surface area contributed by atoms with Crippen LogP contribution in [-0.4, -0.2) is 16.0 Å². The monoisotopic (exact) mass is 360 g/mol. The van der Waals surface area contributed by atoms with E-state index in [4.69, 9.17) is 16.4 Å². The van der Waals surface area contributed by atoms with Crippen molar-refractivity contribution in [2.75, 3.05) is 0 Å². The molecule has 0 spiro atoms. The Labute approximate surface area is 140 Å². The van der Waals surface area contributed by atoms with E-state index in [2.05, 4.69) is 10.5 Å². The molecule has 0 fully saturated rings. The number of nitrogens with zero attached hydrogens (tertiary/aromatic N) is 1. The summed E-state index contributed by atoms with van der Waals surface area (Å²) < 4.78 is 37.5. The molecule has 1 amide bonds. The number of nitrogens with one attached hydrogen (secondary N) is 1. The van der Waals surface area contributed by atoms with Gasteiger partial charge in [-0.25, -0.2) is 5.48 Å². The molecule has 0 saturated heterocycles. The molecule has 0 aliphatic heterocycles. The quantitative estimate of drug-likeness (QED) is 0.817. The number of phenolic OH excluding ortho intramolecular Hbond substituents is 1. The Morgan fingerprint density at radius 3 is 2.75 bits per heavy atom. The molecule has 0 atom stereocenters. The average molecular weight is 361 g/mol. The van der Waals surface area contributed by atoms with Crippen molar-refractivity contribution in [2.24, 2.45) is 0 Å². The van der Waals surface area contributed by atoms with Crippen LogP contribution in [0.2, 0.25) is 5.02 Å². The van der Waals surface area contributed by atoms with E-state index in [0.717, 1.165) is 6.07 Å². The Kier molecular flexibility index (Phi) is 5.30. The third-order valence-corrected chi connectivity index (χ3v) is 3.43. The van der Waals surface area contributed by atoms with Crippen LogP contribution in [-0.2, 0) is 17.6 Å². The van der Waals surface area contributed by atoms with Gasteiger partial charge in [-0.05, 0) is 24.6 Å². The first-order valence-corrected chi connectivity index (χ1v) is 7.00. The first-order chi connectivity index (χ1) is 11.2. The number of benzene rings is 1. The van der Waals surface area contributed by atoms with Gasteiger partial charge in [-0.3, -0.25) is 14.6 Å². The van der Waals surface area contributed by atoms with E-state index in [9.17, 15) is 23.1 Å². The van der Waals surface area contributed by atoms with E-state index in [0.29, 0.717) is 11.8 Å². The van der Waals surface area contributed by atoms with Crippen LogP contribution in [0.25, 0.3) is 0 Å². The van der Waals surface area contributed by atoms with E-state index < -0.39 is 17.6 Å². The van der Waals surface area contributed by atoms with Gasteiger partial charge in [-0.1, -0.05) is 23.7 Å². The maximum Gasteiger partial charge on any atom is 0.417 e. The lowest BCUT2D eigenvalue weighted by atomic mass is 10.1. The van der Waals surface area contributed by atoms with Crippen molar-refractivity contribution in [3.63, 3.8) is 0 Å². The van der Waals surface area contributed by atoms with Gasteiger partial charge in [-0.2, -0.15) is 13.2 Å². The third kappa shape index (κ3) is 4.15. The van der Waals surface area contributed by atoms with Gasteiger partial charge in [0.2, 0.25) is 0 Å². The summed E-state index contributed by atoms with van der Waals surface area (Å²) in [7, 11) is 0. The normalized spacial score (nSPS) is 11.4. The number of carbonyl (C=O) groups excluding carboxylic acids is 1. The second-order valence-corrected chi connectivity index (χ2v) is 5.25. The van der Waals surface area contributed by atoms with E-state index in [-0.39, 0.29) is 28.6 Å². The lowest BCUT2D eigenvalue weighted by Crippen LogP contribution is -2.24. The summed E-state index contributed by atoms with van der Waals surface area (Å²) in [6.45, 7) is 1.29. The van der Waals surface area contributed by atoms with Crippen LogP contribution >= 0.6 is 11.6 Å². The number of pyridine rings is 1. The van der Waals surface area contributed by atoms with Crippen LogP contribution < -0.4 is 5.48 Å². The van der Waals surface area contributed by atoms with Gasteiger partial charge < -0.3 is 5.11 Å². The number of hydrogen-bond donors (Lipinski definition) is 2. The number of para-hydroxylation sites is 1.